The zero-order chi connectivity index (χ0) is 15.6. The minimum absolute atomic E-state index is 0.209. The minimum Gasteiger partial charge on any atom is -0.481 e. The third kappa shape index (κ3) is 3.96. The van der Waals surface area contributed by atoms with Crippen LogP contribution in [0.4, 0.5) is 0 Å². The van der Waals surface area contributed by atoms with Crippen LogP contribution >= 0.6 is 0 Å². The first-order valence-electron chi connectivity index (χ1n) is 8.03. The number of aliphatic carboxylic acids is 1. The second-order valence-electron chi connectivity index (χ2n) is 7.25. The number of carbonyl (C=O) groups is 2. The lowest BCUT2D eigenvalue weighted by atomic mass is 9.79. The molecule has 0 aromatic carbocycles. The van der Waals surface area contributed by atoms with Crippen molar-refractivity contribution in [2.24, 2.45) is 23.7 Å². The highest BCUT2D eigenvalue weighted by Gasteiger charge is 2.42. The fraction of sp³-hybridized carbons (Fsp3) is 0.875. The number of rotatable bonds is 4. The van der Waals surface area contributed by atoms with Crippen molar-refractivity contribution in [1.82, 2.24) is 5.32 Å². The quantitative estimate of drug-likeness (QED) is 0.738. The predicted molar refractivity (Wildman–Crippen MR) is 78.6 cm³/mol. The molecule has 2 aliphatic rings. The van der Waals surface area contributed by atoms with Gasteiger partial charge < -0.3 is 15.5 Å². The van der Waals surface area contributed by atoms with Crippen LogP contribution < -0.4 is 5.32 Å². The van der Waals surface area contributed by atoms with E-state index in [1.165, 1.54) is 0 Å². The first kappa shape index (κ1) is 16.3. The standard InChI is InChI=1S/C16H27NO4/c1-10-3-5-16(21,6-4-10)9-17-14(18)12-7-11(2)8-13(12)15(19)20/h10-13,21H,3-9H2,1-2H3,(H,17,18)(H,19,20). The number of nitrogens with one attached hydrogen (secondary N) is 1. The molecule has 2 fully saturated rings. The Morgan fingerprint density at radius 3 is 2.24 bits per heavy atom. The molecular weight excluding hydrogens is 270 g/mol. The Hall–Kier alpha value is -1.10. The lowest BCUT2D eigenvalue weighted by Crippen LogP contribution is -2.47. The zero-order valence-electron chi connectivity index (χ0n) is 13.0. The second-order valence-corrected chi connectivity index (χ2v) is 7.25. The average Bonchev–Trinajstić information content (AvgIpc) is 2.82. The molecule has 2 saturated carbocycles. The van der Waals surface area contributed by atoms with Crippen LogP contribution in [0.1, 0.15) is 52.4 Å². The molecule has 0 aliphatic heterocycles. The molecule has 0 radical (unpaired) electrons. The maximum Gasteiger partial charge on any atom is 0.307 e. The molecule has 0 spiro atoms. The van der Waals surface area contributed by atoms with Gasteiger partial charge in [-0.3, -0.25) is 9.59 Å². The lowest BCUT2D eigenvalue weighted by molar-refractivity contribution is -0.146. The van der Waals surface area contributed by atoms with Crippen molar-refractivity contribution >= 4 is 11.9 Å². The molecule has 5 nitrogen and oxygen atoms in total. The predicted octanol–water partition coefficient (Wildman–Crippen LogP) is 1.79. The van der Waals surface area contributed by atoms with E-state index < -0.39 is 23.4 Å². The van der Waals surface area contributed by atoms with Gasteiger partial charge in [0.25, 0.3) is 0 Å². The van der Waals surface area contributed by atoms with E-state index in [1.54, 1.807) is 0 Å². The van der Waals surface area contributed by atoms with Gasteiger partial charge in [-0.15, -0.1) is 0 Å². The fourth-order valence-electron chi connectivity index (χ4n) is 3.71. The molecule has 0 bridgehead atoms. The highest BCUT2D eigenvalue weighted by molar-refractivity contribution is 5.85. The highest BCUT2D eigenvalue weighted by atomic mass is 16.4. The molecular formula is C16H27NO4. The number of amides is 1. The van der Waals surface area contributed by atoms with Crippen molar-refractivity contribution in [2.75, 3.05) is 6.54 Å². The summed E-state index contributed by atoms with van der Waals surface area (Å²) in [6.07, 6.45) is 4.55. The third-order valence-electron chi connectivity index (χ3n) is 5.25. The van der Waals surface area contributed by atoms with E-state index in [9.17, 15) is 19.8 Å². The van der Waals surface area contributed by atoms with Crippen molar-refractivity contribution in [3.05, 3.63) is 0 Å². The summed E-state index contributed by atoms with van der Waals surface area (Å²) >= 11 is 0. The van der Waals surface area contributed by atoms with E-state index in [1.807, 2.05) is 6.92 Å². The molecule has 0 heterocycles. The van der Waals surface area contributed by atoms with Gasteiger partial charge in [0.1, 0.15) is 0 Å². The lowest BCUT2D eigenvalue weighted by Gasteiger charge is -2.35. The van der Waals surface area contributed by atoms with Gasteiger partial charge in [0.15, 0.2) is 0 Å². The van der Waals surface area contributed by atoms with Crippen LogP contribution in [-0.2, 0) is 9.59 Å². The van der Waals surface area contributed by atoms with Gasteiger partial charge in [-0.1, -0.05) is 13.8 Å². The first-order chi connectivity index (χ1) is 9.81. The Morgan fingerprint density at radius 2 is 1.67 bits per heavy atom. The smallest absolute Gasteiger partial charge is 0.307 e. The summed E-state index contributed by atoms with van der Waals surface area (Å²) < 4.78 is 0. The van der Waals surface area contributed by atoms with Crippen LogP contribution in [0, 0.1) is 23.7 Å². The SMILES string of the molecule is CC1CCC(O)(CNC(=O)C2CC(C)CC2C(=O)O)CC1. The van der Waals surface area contributed by atoms with Crippen LogP contribution in [0.3, 0.4) is 0 Å². The summed E-state index contributed by atoms with van der Waals surface area (Å²) in [5, 5.41) is 22.5. The molecule has 5 heteroatoms. The van der Waals surface area contributed by atoms with E-state index in [2.05, 4.69) is 12.2 Å². The van der Waals surface area contributed by atoms with Crippen molar-refractivity contribution < 1.29 is 19.8 Å². The summed E-state index contributed by atoms with van der Waals surface area (Å²) in [7, 11) is 0. The number of aliphatic hydroxyl groups is 1. The van der Waals surface area contributed by atoms with Crippen LogP contribution in [0.5, 0.6) is 0 Å². The Bertz CT molecular complexity index is 401. The van der Waals surface area contributed by atoms with Gasteiger partial charge in [-0.05, 0) is 50.4 Å². The van der Waals surface area contributed by atoms with Crippen molar-refractivity contribution in [2.45, 2.75) is 58.0 Å². The largest absolute Gasteiger partial charge is 0.481 e. The summed E-state index contributed by atoms with van der Waals surface area (Å²) in [6.45, 7) is 4.41. The number of hydrogen-bond acceptors (Lipinski definition) is 3. The van der Waals surface area contributed by atoms with Crippen LogP contribution in [0.25, 0.3) is 0 Å². The number of carbonyl (C=O) groups excluding carboxylic acids is 1. The van der Waals surface area contributed by atoms with E-state index in [0.717, 1.165) is 12.8 Å². The van der Waals surface area contributed by atoms with E-state index in [4.69, 9.17) is 0 Å². The molecule has 0 aromatic heterocycles. The highest BCUT2D eigenvalue weighted by Crippen LogP contribution is 2.37. The zero-order valence-corrected chi connectivity index (χ0v) is 13.0. The van der Waals surface area contributed by atoms with Gasteiger partial charge in [-0.25, -0.2) is 0 Å². The molecule has 21 heavy (non-hydrogen) atoms. The van der Waals surface area contributed by atoms with Crippen LogP contribution in [0.2, 0.25) is 0 Å². The molecule has 1 amide bonds. The summed E-state index contributed by atoms with van der Waals surface area (Å²) in [5.41, 5.74) is -0.814. The van der Waals surface area contributed by atoms with Gasteiger partial charge in [-0.2, -0.15) is 0 Å². The molecule has 0 aromatic rings. The Morgan fingerprint density at radius 1 is 1.10 bits per heavy atom. The van der Waals surface area contributed by atoms with Gasteiger partial charge >= 0.3 is 5.97 Å². The number of hydrogen-bond donors (Lipinski definition) is 3. The molecule has 120 valence electrons. The fourth-order valence-corrected chi connectivity index (χ4v) is 3.71. The van der Waals surface area contributed by atoms with Crippen molar-refractivity contribution in [3.8, 4) is 0 Å². The molecule has 2 rings (SSSR count). The topological polar surface area (TPSA) is 86.6 Å². The van der Waals surface area contributed by atoms with Crippen molar-refractivity contribution in [1.29, 1.82) is 0 Å². The normalized spacial score (nSPS) is 40.0. The monoisotopic (exact) mass is 297 g/mol. The van der Waals surface area contributed by atoms with E-state index >= 15 is 0 Å². The van der Waals surface area contributed by atoms with E-state index in [0.29, 0.717) is 31.6 Å². The Kier molecular flexibility index (Phi) is 4.91. The number of carboxylic acid groups (broad SMARTS) is 1. The van der Waals surface area contributed by atoms with Crippen LogP contribution in [0.15, 0.2) is 0 Å². The summed E-state index contributed by atoms with van der Waals surface area (Å²) in [5.74, 6) is -1.23. The van der Waals surface area contributed by atoms with E-state index in [-0.39, 0.29) is 18.4 Å². The van der Waals surface area contributed by atoms with Gasteiger partial charge in [0.05, 0.1) is 17.4 Å². The van der Waals surface area contributed by atoms with Gasteiger partial charge in [0.2, 0.25) is 5.91 Å². The number of carboxylic acids is 1. The third-order valence-corrected chi connectivity index (χ3v) is 5.25. The summed E-state index contributed by atoms with van der Waals surface area (Å²) in [6, 6.07) is 0. The summed E-state index contributed by atoms with van der Waals surface area (Å²) in [4.78, 5) is 23.5. The van der Waals surface area contributed by atoms with Crippen molar-refractivity contribution in [3.63, 3.8) is 0 Å². The second kappa shape index (κ2) is 6.34. The Balaban J connectivity index is 1.88. The molecule has 3 N–H and O–H groups in total. The molecule has 2 aliphatic carbocycles. The minimum atomic E-state index is -0.885. The van der Waals surface area contributed by atoms with Crippen LogP contribution in [-0.4, -0.2) is 34.2 Å². The maximum atomic E-state index is 12.3. The van der Waals surface area contributed by atoms with Gasteiger partial charge in [0, 0.05) is 6.54 Å². The Labute approximate surface area is 126 Å². The molecule has 3 atom stereocenters. The molecule has 3 unspecified atom stereocenters. The average molecular weight is 297 g/mol. The first-order valence-corrected chi connectivity index (χ1v) is 8.03. The molecule has 0 saturated heterocycles. The maximum absolute atomic E-state index is 12.3.